The molecule has 1 aliphatic rings. The highest BCUT2D eigenvalue weighted by molar-refractivity contribution is 5.78. The number of carbonyl (C=O) groups is 1. The first kappa shape index (κ1) is 18.5. The van der Waals surface area contributed by atoms with E-state index < -0.39 is 0 Å². The molecule has 1 aliphatic heterocycles. The van der Waals surface area contributed by atoms with Crippen LogP contribution in [0.3, 0.4) is 0 Å². The molecule has 3 aromatic rings. The third-order valence-corrected chi connectivity index (χ3v) is 5.71. The Morgan fingerprint density at radius 2 is 1.71 bits per heavy atom. The number of amides is 1. The van der Waals surface area contributed by atoms with Gasteiger partial charge in [-0.05, 0) is 42.7 Å². The molecule has 0 saturated carbocycles. The Labute approximate surface area is 166 Å². The number of nitrogens with one attached hydrogen (secondary N) is 1. The maximum Gasteiger partial charge on any atom is 0.234 e. The molecule has 0 radical (unpaired) electrons. The van der Waals surface area contributed by atoms with Crippen LogP contribution >= 0.6 is 0 Å². The van der Waals surface area contributed by atoms with E-state index in [-0.39, 0.29) is 18.0 Å². The molecule has 4 rings (SSSR count). The van der Waals surface area contributed by atoms with Crippen molar-refractivity contribution in [1.82, 2.24) is 14.8 Å². The van der Waals surface area contributed by atoms with E-state index >= 15 is 0 Å². The normalized spacial score (nSPS) is 17.7. The number of hydrogen-bond acceptors (Lipinski definition) is 2. The molecular weight excluding hydrogens is 346 g/mol. The molecule has 2 atom stereocenters. The average molecular weight is 374 g/mol. The molecule has 2 unspecified atom stereocenters. The fraction of sp³-hybridized carbons (Fsp3) is 0.292. The topological polar surface area (TPSA) is 37.3 Å². The third kappa shape index (κ3) is 3.87. The lowest BCUT2D eigenvalue weighted by Gasteiger charge is -2.34. The van der Waals surface area contributed by atoms with Crippen LogP contribution in [0.25, 0.3) is 11.1 Å². The summed E-state index contributed by atoms with van der Waals surface area (Å²) < 4.78 is 2.27. The van der Waals surface area contributed by atoms with Crippen LogP contribution in [0.2, 0.25) is 0 Å². The summed E-state index contributed by atoms with van der Waals surface area (Å²) in [5, 5.41) is 3.15. The number of rotatable bonds is 5. The molecule has 0 bridgehead atoms. The van der Waals surface area contributed by atoms with Crippen molar-refractivity contribution in [3.63, 3.8) is 0 Å². The van der Waals surface area contributed by atoms with Crippen molar-refractivity contribution in [3.05, 3.63) is 84.2 Å². The second-order valence-electron chi connectivity index (χ2n) is 7.55. The minimum absolute atomic E-state index is 0.0127. The lowest BCUT2D eigenvalue weighted by molar-refractivity contribution is -0.123. The van der Waals surface area contributed by atoms with Crippen molar-refractivity contribution in [1.29, 1.82) is 0 Å². The van der Waals surface area contributed by atoms with Gasteiger partial charge in [0.25, 0.3) is 0 Å². The molecular formula is C24H27N3O. The van der Waals surface area contributed by atoms with Crippen LogP contribution in [0.5, 0.6) is 0 Å². The summed E-state index contributed by atoms with van der Waals surface area (Å²) in [5.41, 5.74) is 4.79. The number of benzene rings is 2. The Kier molecular flexibility index (Phi) is 5.31. The molecule has 4 nitrogen and oxygen atoms in total. The van der Waals surface area contributed by atoms with Gasteiger partial charge in [-0.25, -0.2) is 0 Å². The van der Waals surface area contributed by atoms with Gasteiger partial charge in [-0.2, -0.15) is 0 Å². The molecule has 0 spiro atoms. The zero-order chi connectivity index (χ0) is 19.5. The highest BCUT2D eigenvalue weighted by Gasteiger charge is 2.25. The zero-order valence-corrected chi connectivity index (χ0v) is 16.5. The molecule has 0 aliphatic carbocycles. The van der Waals surface area contributed by atoms with Crippen molar-refractivity contribution < 1.29 is 4.79 Å². The Balaban J connectivity index is 1.36. The van der Waals surface area contributed by atoms with Gasteiger partial charge >= 0.3 is 0 Å². The fourth-order valence-electron chi connectivity index (χ4n) is 3.99. The van der Waals surface area contributed by atoms with Gasteiger partial charge in [0, 0.05) is 31.0 Å². The van der Waals surface area contributed by atoms with Crippen molar-refractivity contribution >= 4 is 5.91 Å². The summed E-state index contributed by atoms with van der Waals surface area (Å²) in [4.78, 5) is 14.9. The smallest absolute Gasteiger partial charge is 0.234 e. The minimum atomic E-state index is -0.0127. The first-order chi connectivity index (χ1) is 13.6. The van der Waals surface area contributed by atoms with Crippen molar-refractivity contribution in [2.45, 2.75) is 32.5 Å². The first-order valence-corrected chi connectivity index (χ1v) is 9.95. The second-order valence-corrected chi connectivity index (χ2v) is 7.55. The predicted octanol–water partition coefficient (Wildman–Crippen LogP) is 4.41. The molecule has 1 aromatic heterocycles. The van der Waals surface area contributed by atoms with E-state index in [2.05, 4.69) is 76.4 Å². The van der Waals surface area contributed by atoms with Crippen LogP contribution in [0, 0.1) is 0 Å². The molecule has 2 heterocycles. The SMILES string of the molecule is CC(NC(=O)CN1CCn2cccc2C1C)c1ccc(-c2ccccc2)cc1. The van der Waals surface area contributed by atoms with Crippen LogP contribution in [-0.2, 0) is 11.3 Å². The van der Waals surface area contributed by atoms with E-state index in [9.17, 15) is 4.79 Å². The van der Waals surface area contributed by atoms with Crippen LogP contribution in [-0.4, -0.2) is 28.5 Å². The molecule has 1 amide bonds. The number of carbonyl (C=O) groups excluding carboxylic acids is 1. The Morgan fingerprint density at radius 3 is 2.46 bits per heavy atom. The van der Waals surface area contributed by atoms with E-state index in [1.54, 1.807) is 0 Å². The Hall–Kier alpha value is -2.85. The summed E-state index contributed by atoms with van der Waals surface area (Å²) in [7, 11) is 0. The van der Waals surface area contributed by atoms with Gasteiger partial charge in [0.15, 0.2) is 0 Å². The van der Waals surface area contributed by atoms with E-state index in [1.165, 1.54) is 16.8 Å². The van der Waals surface area contributed by atoms with Crippen molar-refractivity contribution in [3.8, 4) is 11.1 Å². The zero-order valence-electron chi connectivity index (χ0n) is 16.5. The van der Waals surface area contributed by atoms with E-state index in [0.29, 0.717) is 6.54 Å². The summed E-state index contributed by atoms with van der Waals surface area (Å²) in [5.74, 6) is 0.0755. The quantitative estimate of drug-likeness (QED) is 0.719. The lowest BCUT2D eigenvalue weighted by atomic mass is 10.0. The summed E-state index contributed by atoms with van der Waals surface area (Å²) in [6.07, 6.45) is 2.12. The molecule has 2 aromatic carbocycles. The number of hydrogen-bond donors (Lipinski definition) is 1. The van der Waals surface area contributed by atoms with Crippen LogP contribution < -0.4 is 5.32 Å². The summed E-state index contributed by atoms with van der Waals surface area (Å²) in [6.45, 7) is 6.48. The number of aromatic nitrogens is 1. The maximum atomic E-state index is 12.6. The van der Waals surface area contributed by atoms with Gasteiger partial charge in [0.1, 0.15) is 0 Å². The molecule has 0 saturated heterocycles. The summed E-state index contributed by atoms with van der Waals surface area (Å²) in [6, 6.07) is 23.2. The van der Waals surface area contributed by atoms with E-state index in [0.717, 1.165) is 18.7 Å². The summed E-state index contributed by atoms with van der Waals surface area (Å²) >= 11 is 0. The fourth-order valence-corrected chi connectivity index (χ4v) is 3.99. The largest absolute Gasteiger partial charge is 0.349 e. The molecule has 28 heavy (non-hydrogen) atoms. The Morgan fingerprint density at radius 1 is 1.00 bits per heavy atom. The van der Waals surface area contributed by atoms with E-state index in [4.69, 9.17) is 0 Å². The number of fused-ring (bicyclic) bond motifs is 1. The maximum absolute atomic E-state index is 12.6. The van der Waals surface area contributed by atoms with Crippen molar-refractivity contribution in [2.75, 3.05) is 13.1 Å². The van der Waals surface area contributed by atoms with Gasteiger partial charge in [0.05, 0.1) is 12.6 Å². The van der Waals surface area contributed by atoms with Gasteiger partial charge in [0.2, 0.25) is 5.91 Å². The number of nitrogens with zero attached hydrogens (tertiary/aromatic N) is 2. The van der Waals surface area contributed by atoms with Gasteiger partial charge in [-0.1, -0.05) is 54.6 Å². The molecule has 4 heteroatoms. The van der Waals surface area contributed by atoms with Crippen LogP contribution in [0.4, 0.5) is 0 Å². The lowest BCUT2D eigenvalue weighted by Crippen LogP contribution is -2.43. The van der Waals surface area contributed by atoms with Gasteiger partial charge in [-0.15, -0.1) is 0 Å². The van der Waals surface area contributed by atoms with Gasteiger partial charge < -0.3 is 9.88 Å². The van der Waals surface area contributed by atoms with E-state index in [1.807, 2.05) is 25.1 Å². The van der Waals surface area contributed by atoms with Crippen LogP contribution in [0.1, 0.15) is 37.2 Å². The Bertz CT molecular complexity index is 930. The van der Waals surface area contributed by atoms with Crippen molar-refractivity contribution in [2.24, 2.45) is 0 Å². The monoisotopic (exact) mass is 373 g/mol. The standard InChI is InChI=1S/C24H27N3O/c1-18(20-10-12-22(13-11-20)21-7-4-3-5-8-21)25-24(28)17-27-16-15-26-14-6-9-23(26)19(27)2/h3-14,18-19H,15-17H2,1-2H3,(H,25,28). The third-order valence-electron chi connectivity index (χ3n) is 5.71. The molecule has 144 valence electrons. The molecule has 0 fully saturated rings. The average Bonchev–Trinajstić information content (AvgIpc) is 3.20. The highest BCUT2D eigenvalue weighted by Crippen LogP contribution is 2.25. The highest BCUT2D eigenvalue weighted by atomic mass is 16.2. The van der Waals surface area contributed by atoms with Gasteiger partial charge in [-0.3, -0.25) is 9.69 Å². The molecule has 1 N–H and O–H groups in total. The first-order valence-electron chi connectivity index (χ1n) is 9.95. The minimum Gasteiger partial charge on any atom is -0.349 e. The predicted molar refractivity (Wildman–Crippen MR) is 113 cm³/mol. The second kappa shape index (κ2) is 8.03. The van der Waals surface area contributed by atoms with Crippen LogP contribution in [0.15, 0.2) is 72.9 Å².